The van der Waals surface area contributed by atoms with Crippen molar-refractivity contribution in [3.8, 4) is 5.88 Å². The maximum Gasteiger partial charge on any atom is 0.227 e. The third kappa shape index (κ3) is 3.14. The van der Waals surface area contributed by atoms with Crippen LogP contribution in [0.25, 0.3) is 0 Å². The van der Waals surface area contributed by atoms with Gasteiger partial charge in [-0.3, -0.25) is 4.79 Å². The highest BCUT2D eigenvalue weighted by Gasteiger charge is 2.27. The largest absolute Gasteiger partial charge is 0.472 e. The van der Waals surface area contributed by atoms with E-state index in [1.165, 1.54) is 6.33 Å². The lowest BCUT2D eigenvalue weighted by molar-refractivity contribution is -0.129. The van der Waals surface area contributed by atoms with Crippen LogP contribution in [-0.2, 0) is 11.2 Å². The number of rotatable bonds is 4. The predicted molar refractivity (Wildman–Crippen MR) is 75.7 cm³/mol. The maximum absolute atomic E-state index is 12.2. The van der Waals surface area contributed by atoms with Crippen LogP contribution in [0.15, 0.2) is 35.4 Å². The maximum atomic E-state index is 12.2. The highest BCUT2D eigenvalue weighted by molar-refractivity contribution is 7.07. The summed E-state index contributed by atoms with van der Waals surface area (Å²) in [5, 5.41) is 4.01. The fraction of sp³-hybridized carbons (Fsp3) is 0.357. The normalized spacial score (nSPS) is 18.2. The van der Waals surface area contributed by atoms with E-state index in [0.717, 1.165) is 18.5 Å². The van der Waals surface area contributed by atoms with Crippen molar-refractivity contribution in [3.05, 3.63) is 41.0 Å². The number of aromatic nitrogens is 2. The predicted octanol–water partition coefficient (Wildman–Crippen LogP) is 1.76. The van der Waals surface area contributed by atoms with Gasteiger partial charge in [-0.25, -0.2) is 9.97 Å². The Morgan fingerprint density at radius 2 is 2.45 bits per heavy atom. The van der Waals surface area contributed by atoms with E-state index >= 15 is 0 Å². The fourth-order valence-corrected chi connectivity index (χ4v) is 2.92. The summed E-state index contributed by atoms with van der Waals surface area (Å²) in [5.41, 5.74) is 1.08. The third-order valence-corrected chi connectivity index (χ3v) is 4.01. The molecule has 5 nitrogen and oxygen atoms in total. The molecule has 1 fully saturated rings. The van der Waals surface area contributed by atoms with Crippen molar-refractivity contribution in [2.24, 2.45) is 0 Å². The number of thiophene rings is 1. The Kier molecular flexibility index (Phi) is 3.92. The van der Waals surface area contributed by atoms with Crippen molar-refractivity contribution >= 4 is 17.2 Å². The number of carbonyl (C=O) groups is 1. The molecule has 1 amide bonds. The Balaban J connectivity index is 1.53. The summed E-state index contributed by atoms with van der Waals surface area (Å²) in [7, 11) is 0. The Bertz CT molecular complexity index is 559. The summed E-state index contributed by atoms with van der Waals surface area (Å²) >= 11 is 1.62. The second-order valence-corrected chi connectivity index (χ2v) is 5.50. The van der Waals surface area contributed by atoms with Crippen LogP contribution >= 0.6 is 11.3 Å². The number of hydrogen-bond donors (Lipinski definition) is 0. The highest BCUT2D eigenvalue weighted by Crippen LogP contribution is 2.17. The van der Waals surface area contributed by atoms with Gasteiger partial charge in [-0.05, 0) is 22.4 Å². The van der Waals surface area contributed by atoms with Crippen molar-refractivity contribution < 1.29 is 9.53 Å². The molecular weight excluding hydrogens is 274 g/mol. The minimum Gasteiger partial charge on any atom is -0.472 e. The molecule has 0 aliphatic carbocycles. The van der Waals surface area contributed by atoms with E-state index in [1.807, 2.05) is 21.7 Å². The second-order valence-electron chi connectivity index (χ2n) is 4.72. The summed E-state index contributed by atoms with van der Waals surface area (Å²) in [6, 6.07) is 3.73. The zero-order valence-corrected chi connectivity index (χ0v) is 11.8. The van der Waals surface area contributed by atoms with Crippen molar-refractivity contribution in [2.75, 3.05) is 13.1 Å². The van der Waals surface area contributed by atoms with Crippen LogP contribution in [0.4, 0.5) is 0 Å². The van der Waals surface area contributed by atoms with Gasteiger partial charge in [0.15, 0.2) is 0 Å². The first kappa shape index (κ1) is 13.1. The lowest BCUT2D eigenvalue weighted by Gasteiger charge is -2.16. The van der Waals surface area contributed by atoms with Crippen LogP contribution in [0.5, 0.6) is 5.88 Å². The molecule has 0 aromatic carbocycles. The van der Waals surface area contributed by atoms with E-state index in [2.05, 4.69) is 9.97 Å². The average Bonchev–Trinajstić information content (AvgIpc) is 3.11. The second kappa shape index (κ2) is 6.00. The summed E-state index contributed by atoms with van der Waals surface area (Å²) in [6.45, 7) is 1.38. The van der Waals surface area contributed by atoms with Crippen LogP contribution in [0.1, 0.15) is 12.0 Å². The minimum absolute atomic E-state index is 0.0244. The summed E-state index contributed by atoms with van der Waals surface area (Å²) < 4.78 is 5.75. The van der Waals surface area contributed by atoms with Crippen LogP contribution in [0.3, 0.4) is 0 Å². The van der Waals surface area contributed by atoms with Crippen molar-refractivity contribution in [1.29, 1.82) is 0 Å². The molecule has 20 heavy (non-hydrogen) atoms. The van der Waals surface area contributed by atoms with Gasteiger partial charge in [0.25, 0.3) is 0 Å². The molecule has 0 radical (unpaired) electrons. The van der Waals surface area contributed by atoms with Gasteiger partial charge >= 0.3 is 0 Å². The van der Waals surface area contributed by atoms with E-state index in [-0.39, 0.29) is 12.0 Å². The molecule has 0 bridgehead atoms. The molecule has 2 aromatic rings. The quantitative estimate of drug-likeness (QED) is 0.860. The topological polar surface area (TPSA) is 55.3 Å². The van der Waals surface area contributed by atoms with Crippen LogP contribution in [-0.4, -0.2) is 40.0 Å². The highest BCUT2D eigenvalue weighted by atomic mass is 32.1. The molecule has 3 rings (SSSR count). The van der Waals surface area contributed by atoms with E-state index in [0.29, 0.717) is 18.8 Å². The molecule has 1 aliphatic heterocycles. The summed E-state index contributed by atoms with van der Waals surface area (Å²) in [4.78, 5) is 21.9. The van der Waals surface area contributed by atoms with E-state index in [4.69, 9.17) is 4.74 Å². The van der Waals surface area contributed by atoms with Crippen molar-refractivity contribution in [3.63, 3.8) is 0 Å². The van der Waals surface area contributed by atoms with Gasteiger partial charge in [-0.2, -0.15) is 11.3 Å². The number of hydrogen-bond acceptors (Lipinski definition) is 5. The lowest BCUT2D eigenvalue weighted by atomic mass is 10.2. The molecule has 0 unspecified atom stereocenters. The van der Waals surface area contributed by atoms with Gasteiger partial charge in [0, 0.05) is 25.2 Å². The SMILES string of the molecule is O=C(Cc1ccsc1)N1CC[C@@H](Oc2ccncn2)C1. The number of likely N-dealkylation sites (tertiary alicyclic amines) is 1. The molecular formula is C14H15N3O2S. The smallest absolute Gasteiger partial charge is 0.227 e. The van der Waals surface area contributed by atoms with Crippen LogP contribution in [0, 0.1) is 0 Å². The number of amides is 1. The number of carbonyl (C=O) groups excluding carboxylic acids is 1. The van der Waals surface area contributed by atoms with E-state index < -0.39 is 0 Å². The standard InChI is InChI=1S/C14H15N3O2S/c18-14(7-11-3-6-20-9-11)17-5-2-12(8-17)19-13-1-4-15-10-16-13/h1,3-4,6,9-10,12H,2,5,7-8H2/t12-/m1/s1. The van der Waals surface area contributed by atoms with Gasteiger partial charge < -0.3 is 9.64 Å². The molecule has 0 saturated carbocycles. The molecule has 6 heteroatoms. The zero-order valence-electron chi connectivity index (χ0n) is 10.9. The van der Waals surface area contributed by atoms with Gasteiger partial charge in [-0.1, -0.05) is 0 Å². The molecule has 104 valence electrons. The van der Waals surface area contributed by atoms with Crippen LogP contribution < -0.4 is 4.74 Å². The first-order chi connectivity index (χ1) is 9.81. The minimum atomic E-state index is 0.0244. The van der Waals surface area contributed by atoms with E-state index in [9.17, 15) is 4.79 Å². The first-order valence-corrected chi connectivity index (χ1v) is 7.47. The molecule has 1 aliphatic rings. The van der Waals surface area contributed by atoms with Crippen molar-refractivity contribution in [1.82, 2.24) is 14.9 Å². The monoisotopic (exact) mass is 289 g/mol. The Morgan fingerprint density at radius 1 is 1.50 bits per heavy atom. The lowest BCUT2D eigenvalue weighted by Crippen LogP contribution is -2.32. The Morgan fingerprint density at radius 3 is 3.20 bits per heavy atom. The number of ether oxygens (including phenoxy) is 1. The molecule has 0 N–H and O–H groups in total. The van der Waals surface area contributed by atoms with E-state index in [1.54, 1.807) is 23.6 Å². The van der Waals surface area contributed by atoms with Crippen LogP contribution in [0.2, 0.25) is 0 Å². The van der Waals surface area contributed by atoms with Gasteiger partial charge in [0.05, 0.1) is 13.0 Å². The summed E-state index contributed by atoms with van der Waals surface area (Å²) in [6.07, 6.45) is 4.46. The average molecular weight is 289 g/mol. The number of nitrogens with zero attached hydrogens (tertiary/aromatic N) is 3. The van der Waals surface area contributed by atoms with Gasteiger partial charge in [0.1, 0.15) is 12.4 Å². The van der Waals surface area contributed by atoms with Crippen molar-refractivity contribution in [2.45, 2.75) is 18.9 Å². The van der Waals surface area contributed by atoms with Gasteiger partial charge in [-0.15, -0.1) is 0 Å². The summed E-state index contributed by atoms with van der Waals surface area (Å²) in [5.74, 6) is 0.731. The molecule has 1 saturated heterocycles. The Labute approximate surface area is 121 Å². The molecule has 0 spiro atoms. The molecule has 2 aromatic heterocycles. The molecule has 3 heterocycles. The third-order valence-electron chi connectivity index (χ3n) is 3.28. The Hall–Kier alpha value is -1.95. The molecule has 1 atom stereocenters. The first-order valence-electron chi connectivity index (χ1n) is 6.53. The zero-order chi connectivity index (χ0) is 13.8. The van der Waals surface area contributed by atoms with Gasteiger partial charge in [0.2, 0.25) is 11.8 Å². The fourth-order valence-electron chi connectivity index (χ4n) is 2.25.